The van der Waals surface area contributed by atoms with Gasteiger partial charge >= 0.3 is 329 Å². The molecule has 8 aromatic carbocycles. The van der Waals surface area contributed by atoms with Gasteiger partial charge in [0.25, 0.3) is 0 Å². The molecule has 0 spiro atoms. The van der Waals surface area contributed by atoms with E-state index in [0.29, 0.717) is 0 Å². The molecular weight excluding hydrogens is 684 g/mol. The molecule has 0 unspecified atom stereocenters. The van der Waals surface area contributed by atoms with Gasteiger partial charge in [-0.05, 0) is 0 Å². The minimum absolute atomic E-state index is 0.737. The average Bonchev–Trinajstić information content (AvgIpc) is 3.27. The van der Waals surface area contributed by atoms with Crippen LogP contribution in [0.25, 0.3) is 44.5 Å². The Morgan fingerprint density at radius 1 is 0.418 bits per heavy atom. The number of unbranched alkanes of at least 4 members (excludes halogenated alkanes) is 1. The molecule has 1 nitrogen and oxygen atoms in total. The van der Waals surface area contributed by atoms with Crippen LogP contribution in [0.2, 0.25) is 0 Å². The number of hydrogen-bond donors (Lipinski definition) is 0. The van der Waals surface area contributed by atoms with Crippen LogP contribution in [0.3, 0.4) is 0 Å². The van der Waals surface area contributed by atoms with Crippen molar-refractivity contribution in [2.75, 3.05) is 6.61 Å². The second-order valence-corrected chi connectivity index (χ2v) is 18.1. The predicted molar refractivity (Wildman–Crippen MR) is 239 cm³/mol. The number of hydrogen-bond acceptors (Lipinski definition) is 1. The number of ether oxygens (including phenoxy) is 1. The van der Waals surface area contributed by atoms with Crippen molar-refractivity contribution in [2.45, 2.75) is 25.9 Å². The van der Waals surface area contributed by atoms with Crippen LogP contribution in [0.5, 0.6) is 5.75 Å². The zero-order chi connectivity index (χ0) is 37.3. The van der Waals surface area contributed by atoms with Gasteiger partial charge in [-0.3, -0.25) is 0 Å². The summed E-state index contributed by atoms with van der Waals surface area (Å²) in [6, 6.07) is 78.4. The third-order valence-corrected chi connectivity index (χ3v) is 15.6. The molecule has 8 rings (SSSR count). The normalized spacial score (nSPS) is 11.6. The van der Waals surface area contributed by atoms with Gasteiger partial charge in [-0.1, -0.05) is 0 Å². The molecule has 8 aromatic rings. The van der Waals surface area contributed by atoms with Crippen molar-refractivity contribution in [3.63, 3.8) is 0 Å². The van der Waals surface area contributed by atoms with Crippen LogP contribution in [-0.2, 0) is 6.16 Å². The van der Waals surface area contributed by atoms with Crippen LogP contribution in [0.1, 0.15) is 25.3 Å². The maximum atomic E-state index is 6.16. The molecule has 0 N–H and O–H groups in total. The fourth-order valence-electron chi connectivity index (χ4n) is 8.13. The summed E-state index contributed by atoms with van der Waals surface area (Å²) < 4.78 is 6.16. The Hall–Kier alpha value is -6.01. The SMILES string of the molecule is CCCCOc1ccc(C[PH](c2ccccc2)(c2ccccc2)c2cc(-c3ccccc3)c(-c3ccccc3)c(-c3ccccc3)c2-c2ccccc2)cc1. The van der Waals surface area contributed by atoms with E-state index in [4.69, 9.17) is 4.74 Å². The minimum atomic E-state index is -2.93. The third kappa shape index (κ3) is 7.54. The quantitative estimate of drug-likeness (QED) is 0.0848. The summed E-state index contributed by atoms with van der Waals surface area (Å²) in [6.07, 6.45) is 3.04. The monoisotopic (exact) mass is 730 g/mol. The summed E-state index contributed by atoms with van der Waals surface area (Å²) >= 11 is 0. The van der Waals surface area contributed by atoms with E-state index in [0.717, 1.165) is 31.4 Å². The molecule has 0 heterocycles. The Bertz CT molecular complexity index is 2370. The molecule has 2 heteroatoms. The van der Waals surface area contributed by atoms with E-state index < -0.39 is 7.26 Å². The third-order valence-electron chi connectivity index (χ3n) is 10.8. The topological polar surface area (TPSA) is 9.23 Å². The van der Waals surface area contributed by atoms with Gasteiger partial charge < -0.3 is 0 Å². The van der Waals surface area contributed by atoms with Crippen molar-refractivity contribution < 1.29 is 4.74 Å². The van der Waals surface area contributed by atoms with Crippen molar-refractivity contribution in [1.82, 2.24) is 0 Å². The molecule has 0 saturated carbocycles. The zero-order valence-corrected chi connectivity index (χ0v) is 32.4. The molecule has 0 aliphatic carbocycles. The number of rotatable bonds is 13. The summed E-state index contributed by atoms with van der Waals surface area (Å²) in [7, 11) is -2.93. The van der Waals surface area contributed by atoms with Gasteiger partial charge in [-0.15, -0.1) is 0 Å². The zero-order valence-electron chi connectivity index (χ0n) is 31.4. The predicted octanol–water partition coefficient (Wildman–Crippen LogP) is 12.8. The molecule has 0 fully saturated rings. The Kier molecular flexibility index (Phi) is 11.1. The molecular formula is C53H47OP. The molecule has 55 heavy (non-hydrogen) atoms. The van der Waals surface area contributed by atoms with E-state index in [2.05, 4.69) is 219 Å². The van der Waals surface area contributed by atoms with Gasteiger partial charge in [-0.25, -0.2) is 0 Å². The van der Waals surface area contributed by atoms with Gasteiger partial charge in [0, 0.05) is 0 Å². The molecule has 0 aromatic heterocycles. The van der Waals surface area contributed by atoms with E-state index in [1.165, 1.54) is 66.0 Å². The van der Waals surface area contributed by atoms with Gasteiger partial charge in [0.05, 0.1) is 0 Å². The van der Waals surface area contributed by atoms with Crippen LogP contribution in [0.15, 0.2) is 212 Å². The van der Waals surface area contributed by atoms with Crippen LogP contribution in [0.4, 0.5) is 0 Å². The van der Waals surface area contributed by atoms with Crippen LogP contribution < -0.4 is 20.7 Å². The molecule has 0 amide bonds. The first-order chi connectivity index (χ1) is 27.3. The Labute approximate surface area is 327 Å². The van der Waals surface area contributed by atoms with Crippen LogP contribution >= 0.6 is 7.26 Å². The van der Waals surface area contributed by atoms with Crippen molar-refractivity contribution in [1.29, 1.82) is 0 Å². The standard InChI is InChI=1S/C53H47OP/c1-2-3-38-54-46-36-34-41(35-37-46)40-55(47-30-18-8-19-31-47,48-32-20-9-21-33-48)50-39-49(42-22-10-4-11-23-42)51(43-24-12-5-13-25-43)53(45-28-16-7-17-29-45)52(50)44-26-14-6-15-27-44/h4-37,39,55H,2-3,38,40H2,1H3. The second-order valence-electron chi connectivity index (χ2n) is 14.2. The fourth-order valence-corrected chi connectivity index (χ4v) is 13.1. The molecule has 0 bridgehead atoms. The average molecular weight is 731 g/mol. The molecule has 0 aliphatic rings. The molecule has 0 saturated heterocycles. The van der Waals surface area contributed by atoms with Gasteiger partial charge in [0.2, 0.25) is 0 Å². The Morgan fingerprint density at radius 3 is 1.31 bits per heavy atom. The summed E-state index contributed by atoms with van der Waals surface area (Å²) in [4.78, 5) is 0. The van der Waals surface area contributed by atoms with Crippen LogP contribution in [0, 0.1) is 0 Å². The fraction of sp³-hybridized carbons (Fsp3) is 0.0943. The van der Waals surface area contributed by atoms with Crippen molar-refractivity contribution in [3.05, 3.63) is 218 Å². The maximum absolute atomic E-state index is 6.16. The summed E-state index contributed by atoms with van der Waals surface area (Å²) in [6.45, 7) is 2.94. The van der Waals surface area contributed by atoms with Gasteiger partial charge in [0.1, 0.15) is 0 Å². The Balaban J connectivity index is 1.54. The molecule has 0 atom stereocenters. The van der Waals surface area contributed by atoms with Gasteiger partial charge in [0.15, 0.2) is 0 Å². The van der Waals surface area contributed by atoms with E-state index in [1.54, 1.807) is 0 Å². The summed E-state index contributed by atoms with van der Waals surface area (Å²) in [5.41, 5.74) is 11.2. The summed E-state index contributed by atoms with van der Waals surface area (Å²) in [5, 5.41) is 4.16. The van der Waals surface area contributed by atoms with Gasteiger partial charge in [-0.2, -0.15) is 0 Å². The first-order valence-corrected chi connectivity index (χ1v) is 21.7. The first-order valence-electron chi connectivity index (χ1n) is 19.5. The molecule has 0 aliphatic heterocycles. The number of benzene rings is 8. The van der Waals surface area contributed by atoms with Crippen molar-refractivity contribution >= 4 is 23.2 Å². The van der Waals surface area contributed by atoms with E-state index in [9.17, 15) is 0 Å². The van der Waals surface area contributed by atoms with Crippen molar-refractivity contribution in [2.24, 2.45) is 0 Å². The van der Waals surface area contributed by atoms with E-state index in [1.807, 2.05) is 0 Å². The second kappa shape index (κ2) is 17.0. The Morgan fingerprint density at radius 2 is 0.836 bits per heavy atom. The van der Waals surface area contributed by atoms with Crippen molar-refractivity contribution in [3.8, 4) is 50.3 Å². The van der Waals surface area contributed by atoms with E-state index >= 15 is 0 Å². The first kappa shape index (κ1) is 36.0. The van der Waals surface area contributed by atoms with Crippen LogP contribution in [-0.4, -0.2) is 6.61 Å². The molecule has 0 radical (unpaired) electrons. The summed E-state index contributed by atoms with van der Waals surface area (Å²) in [5.74, 6) is 0.929. The molecule has 270 valence electrons. The van der Waals surface area contributed by atoms with E-state index in [-0.39, 0.29) is 0 Å².